The summed E-state index contributed by atoms with van der Waals surface area (Å²) in [6.45, 7) is 5.59. The monoisotopic (exact) mass is 381 g/mol. The number of carbonyl (C=O) groups excluding carboxylic acids is 1. The molecule has 0 spiro atoms. The van der Waals surface area contributed by atoms with Crippen molar-refractivity contribution in [1.82, 2.24) is 4.31 Å². The van der Waals surface area contributed by atoms with Crippen molar-refractivity contribution in [2.45, 2.75) is 26.5 Å². The summed E-state index contributed by atoms with van der Waals surface area (Å²) in [5, 5.41) is 0.651. The number of nitrogens with zero attached hydrogens (tertiary/aromatic N) is 1. The van der Waals surface area contributed by atoms with E-state index in [1.165, 1.54) is 6.07 Å². The molecule has 0 heterocycles. The van der Waals surface area contributed by atoms with Crippen LogP contribution in [0.2, 0.25) is 10.0 Å². The maximum Gasteiger partial charge on any atom is 0.321 e. The maximum atomic E-state index is 12.6. The molecule has 5 nitrogen and oxygen atoms in total. The van der Waals surface area contributed by atoms with E-state index in [0.717, 1.165) is 4.31 Å². The van der Waals surface area contributed by atoms with Gasteiger partial charge < -0.3 is 4.74 Å². The second-order valence-electron chi connectivity index (χ2n) is 5.50. The average molecular weight is 382 g/mol. The number of ether oxygens (including phenoxy) is 1. The van der Waals surface area contributed by atoms with Gasteiger partial charge in [-0.3, -0.25) is 4.79 Å². The van der Waals surface area contributed by atoms with Crippen LogP contribution in [0.1, 0.15) is 26.3 Å². The molecule has 130 valence electrons. The van der Waals surface area contributed by atoms with Crippen molar-refractivity contribution >= 4 is 39.2 Å². The summed E-state index contributed by atoms with van der Waals surface area (Å²) in [6.07, 6.45) is 0. The molecule has 1 aromatic carbocycles. The van der Waals surface area contributed by atoms with Crippen molar-refractivity contribution < 1.29 is 17.9 Å². The van der Waals surface area contributed by atoms with Gasteiger partial charge in [-0.25, -0.2) is 8.42 Å². The molecule has 0 saturated carbocycles. The Labute approximate surface area is 147 Å². The third kappa shape index (κ3) is 6.67. The zero-order valence-electron chi connectivity index (χ0n) is 13.4. The standard InChI is InChI=1S/C15H21Cl2NO4S/c1-4-22-15(19)9-18(8-11(2)3)23(20,21)10-12-5-6-13(16)14(17)7-12/h5-7,11H,4,8-10H2,1-3H3. The lowest BCUT2D eigenvalue weighted by Gasteiger charge is -2.23. The van der Waals surface area contributed by atoms with E-state index >= 15 is 0 Å². The van der Waals surface area contributed by atoms with Gasteiger partial charge in [0.2, 0.25) is 10.0 Å². The first-order valence-electron chi connectivity index (χ1n) is 7.23. The Bertz CT molecular complexity index is 647. The summed E-state index contributed by atoms with van der Waals surface area (Å²) in [5.74, 6) is -0.741. The van der Waals surface area contributed by atoms with Crippen molar-refractivity contribution in [3.63, 3.8) is 0 Å². The Hall–Kier alpha value is -0.820. The van der Waals surface area contributed by atoms with Crippen LogP contribution in [0, 0.1) is 5.92 Å². The van der Waals surface area contributed by atoms with E-state index in [4.69, 9.17) is 27.9 Å². The second kappa shape index (κ2) is 8.87. The number of carbonyl (C=O) groups is 1. The molecule has 1 rings (SSSR count). The van der Waals surface area contributed by atoms with Gasteiger partial charge in [0.25, 0.3) is 0 Å². The molecule has 0 saturated heterocycles. The van der Waals surface area contributed by atoms with E-state index in [2.05, 4.69) is 0 Å². The highest BCUT2D eigenvalue weighted by molar-refractivity contribution is 7.88. The average Bonchev–Trinajstić information content (AvgIpc) is 2.41. The largest absolute Gasteiger partial charge is 0.465 e. The zero-order valence-corrected chi connectivity index (χ0v) is 15.7. The molecule has 0 bridgehead atoms. The minimum absolute atomic E-state index is 0.0769. The molecule has 0 aliphatic rings. The quantitative estimate of drug-likeness (QED) is 0.647. The fourth-order valence-corrected chi connectivity index (χ4v) is 3.90. The van der Waals surface area contributed by atoms with Gasteiger partial charge in [-0.05, 0) is 30.5 Å². The summed E-state index contributed by atoms with van der Waals surface area (Å²) in [7, 11) is -3.68. The highest BCUT2D eigenvalue weighted by Gasteiger charge is 2.26. The van der Waals surface area contributed by atoms with Crippen LogP contribution >= 0.6 is 23.2 Å². The Balaban J connectivity index is 2.96. The van der Waals surface area contributed by atoms with Crippen molar-refractivity contribution in [2.75, 3.05) is 19.7 Å². The van der Waals surface area contributed by atoms with Crippen LogP contribution in [0.5, 0.6) is 0 Å². The Morgan fingerprint density at radius 1 is 1.26 bits per heavy atom. The molecule has 8 heteroatoms. The maximum absolute atomic E-state index is 12.6. The van der Waals surface area contributed by atoms with Crippen molar-refractivity contribution in [3.05, 3.63) is 33.8 Å². The predicted molar refractivity (Wildman–Crippen MR) is 92.1 cm³/mol. The molecule has 0 atom stereocenters. The SMILES string of the molecule is CCOC(=O)CN(CC(C)C)S(=O)(=O)Cc1ccc(Cl)c(Cl)c1. The number of benzene rings is 1. The highest BCUT2D eigenvalue weighted by atomic mass is 35.5. The van der Waals surface area contributed by atoms with Gasteiger partial charge in [-0.2, -0.15) is 4.31 Å². The summed E-state index contributed by atoms with van der Waals surface area (Å²) < 4.78 is 31.2. The molecular weight excluding hydrogens is 361 g/mol. The number of hydrogen-bond acceptors (Lipinski definition) is 4. The Morgan fingerprint density at radius 3 is 2.43 bits per heavy atom. The first kappa shape index (κ1) is 20.2. The number of esters is 1. The van der Waals surface area contributed by atoms with E-state index in [-0.39, 0.29) is 31.4 Å². The Morgan fingerprint density at radius 2 is 1.91 bits per heavy atom. The fraction of sp³-hybridized carbons (Fsp3) is 0.533. The molecule has 1 aromatic rings. The molecule has 0 N–H and O–H groups in total. The van der Waals surface area contributed by atoms with Gasteiger partial charge in [-0.1, -0.05) is 43.1 Å². The van der Waals surface area contributed by atoms with Crippen LogP contribution in [-0.2, 0) is 25.3 Å². The van der Waals surface area contributed by atoms with Gasteiger partial charge in [-0.15, -0.1) is 0 Å². The minimum atomic E-state index is -3.68. The fourth-order valence-electron chi connectivity index (χ4n) is 1.97. The molecule has 0 unspecified atom stereocenters. The van der Waals surface area contributed by atoms with Gasteiger partial charge in [0.1, 0.15) is 6.54 Å². The van der Waals surface area contributed by atoms with E-state index in [0.29, 0.717) is 15.6 Å². The predicted octanol–water partition coefficient (Wildman–Crippen LogP) is 3.34. The van der Waals surface area contributed by atoms with Gasteiger partial charge in [0.05, 0.1) is 22.4 Å². The topological polar surface area (TPSA) is 63.7 Å². The number of halogens is 2. The molecule has 0 aliphatic heterocycles. The molecule has 0 radical (unpaired) electrons. The minimum Gasteiger partial charge on any atom is -0.465 e. The van der Waals surface area contributed by atoms with Gasteiger partial charge in [0, 0.05) is 6.54 Å². The normalized spacial score (nSPS) is 12.0. The van der Waals surface area contributed by atoms with Crippen LogP contribution in [0.15, 0.2) is 18.2 Å². The lowest BCUT2D eigenvalue weighted by molar-refractivity contribution is -0.143. The van der Waals surface area contributed by atoms with Crippen LogP contribution in [-0.4, -0.2) is 38.4 Å². The Kier molecular flexibility index (Phi) is 7.80. The lowest BCUT2D eigenvalue weighted by Crippen LogP contribution is -2.39. The van der Waals surface area contributed by atoms with Gasteiger partial charge >= 0.3 is 5.97 Å². The van der Waals surface area contributed by atoms with E-state index < -0.39 is 16.0 Å². The smallest absolute Gasteiger partial charge is 0.321 e. The summed E-state index contributed by atoms with van der Waals surface area (Å²) in [5.41, 5.74) is 0.511. The molecule has 0 fully saturated rings. The first-order valence-corrected chi connectivity index (χ1v) is 9.59. The lowest BCUT2D eigenvalue weighted by atomic mass is 10.2. The first-order chi connectivity index (χ1) is 10.7. The van der Waals surface area contributed by atoms with Crippen LogP contribution < -0.4 is 0 Å². The number of rotatable bonds is 8. The summed E-state index contributed by atoms with van der Waals surface area (Å²) in [4.78, 5) is 11.7. The third-order valence-electron chi connectivity index (χ3n) is 2.91. The second-order valence-corrected chi connectivity index (χ2v) is 8.28. The molecule has 0 aromatic heterocycles. The van der Waals surface area contributed by atoms with E-state index in [1.807, 2.05) is 13.8 Å². The zero-order chi connectivity index (χ0) is 17.6. The number of sulfonamides is 1. The molecule has 0 amide bonds. The third-order valence-corrected chi connectivity index (χ3v) is 5.41. The molecule has 23 heavy (non-hydrogen) atoms. The molecule has 0 aliphatic carbocycles. The highest BCUT2D eigenvalue weighted by Crippen LogP contribution is 2.24. The van der Waals surface area contributed by atoms with Crippen molar-refractivity contribution in [3.8, 4) is 0 Å². The van der Waals surface area contributed by atoms with Gasteiger partial charge in [0.15, 0.2) is 0 Å². The summed E-state index contributed by atoms with van der Waals surface area (Å²) in [6, 6.07) is 4.66. The summed E-state index contributed by atoms with van der Waals surface area (Å²) >= 11 is 11.8. The van der Waals surface area contributed by atoms with Crippen molar-refractivity contribution in [2.24, 2.45) is 5.92 Å². The van der Waals surface area contributed by atoms with Crippen LogP contribution in [0.25, 0.3) is 0 Å². The number of hydrogen-bond donors (Lipinski definition) is 0. The molecular formula is C15H21Cl2NO4S. The van der Waals surface area contributed by atoms with E-state index in [1.54, 1.807) is 19.1 Å². The van der Waals surface area contributed by atoms with E-state index in [9.17, 15) is 13.2 Å². The van der Waals surface area contributed by atoms with Crippen LogP contribution in [0.4, 0.5) is 0 Å². The van der Waals surface area contributed by atoms with Crippen molar-refractivity contribution in [1.29, 1.82) is 0 Å². The van der Waals surface area contributed by atoms with Crippen LogP contribution in [0.3, 0.4) is 0 Å².